The van der Waals surface area contributed by atoms with Crippen LogP contribution < -0.4 is 11.1 Å². The zero-order valence-electron chi connectivity index (χ0n) is 12.3. The van der Waals surface area contributed by atoms with Crippen LogP contribution in [0.4, 0.5) is 0 Å². The summed E-state index contributed by atoms with van der Waals surface area (Å²) in [6, 6.07) is 7.55. The number of hydrogen-bond donors (Lipinski definition) is 2. The lowest BCUT2D eigenvalue weighted by atomic mass is 10.2. The van der Waals surface area contributed by atoms with E-state index in [1.807, 2.05) is 31.2 Å². The summed E-state index contributed by atoms with van der Waals surface area (Å²) in [5, 5.41) is 4.56. The summed E-state index contributed by atoms with van der Waals surface area (Å²) >= 11 is 7.31. The molecule has 0 spiro atoms. The van der Waals surface area contributed by atoms with E-state index in [-0.39, 0.29) is 11.9 Å². The topological polar surface area (TPSA) is 68.0 Å². The van der Waals surface area contributed by atoms with Gasteiger partial charge in [-0.3, -0.25) is 4.79 Å². The van der Waals surface area contributed by atoms with E-state index < -0.39 is 0 Å². The molecule has 1 fully saturated rings. The van der Waals surface area contributed by atoms with Crippen LogP contribution in [0.1, 0.15) is 28.2 Å². The van der Waals surface area contributed by atoms with E-state index in [4.69, 9.17) is 17.3 Å². The van der Waals surface area contributed by atoms with Gasteiger partial charge in [0.1, 0.15) is 9.88 Å². The highest BCUT2D eigenvalue weighted by Crippen LogP contribution is 2.33. The van der Waals surface area contributed by atoms with Crippen molar-refractivity contribution in [3.63, 3.8) is 0 Å². The van der Waals surface area contributed by atoms with E-state index in [1.54, 1.807) is 0 Å². The van der Waals surface area contributed by atoms with Crippen LogP contribution in [-0.2, 0) is 0 Å². The van der Waals surface area contributed by atoms with Gasteiger partial charge < -0.3 is 11.1 Å². The second-order valence-electron chi connectivity index (χ2n) is 5.59. The SMILES string of the molecule is Cc1nc(-c2ccc(Cl)cc2)sc1C(=O)NC(CN)C1CC1. The van der Waals surface area contributed by atoms with Gasteiger partial charge in [-0.2, -0.15) is 0 Å². The molecule has 0 aliphatic heterocycles. The molecule has 4 nitrogen and oxygen atoms in total. The fourth-order valence-corrected chi connectivity index (χ4v) is 3.53. The standard InChI is InChI=1S/C16H18ClN3OS/c1-9-14(15(21)20-13(8-18)10-2-3-10)22-16(19-9)11-4-6-12(17)7-5-11/h4-7,10,13H,2-3,8,18H2,1H3,(H,20,21). The van der Waals surface area contributed by atoms with Crippen molar-refractivity contribution in [2.24, 2.45) is 11.7 Å². The maximum atomic E-state index is 12.4. The molecule has 1 aromatic heterocycles. The highest BCUT2D eigenvalue weighted by Gasteiger charge is 2.32. The molecule has 0 radical (unpaired) electrons. The Morgan fingerprint density at radius 2 is 2.14 bits per heavy atom. The first kappa shape index (κ1) is 15.5. The number of aryl methyl sites for hydroxylation is 1. The Morgan fingerprint density at radius 1 is 1.45 bits per heavy atom. The molecular weight excluding hydrogens is 318 g/mol. The normalized spacial score (nSPS) is 15.6. The van der Waals surface area contributed by atoms with E-state index in [9.17, 15) is 4.79 Å². The molecule has 6 heteroatoms. The van der Waals surface area contributed by atoms with Crippen LogP contribution in [0.2, 0.25) is 5.02 Å². The molecular formula is C16H18ClN3OS. The summed E-state index contributed by atoms with van der Waals surface area (Å²) in [7, 11) is 0. The van der Waals surface area contributed by atoms with E-state index in [2.05, 4.69) is 10.3 Å². The number of amides is 1. The third-order valence-corrected chi connectivity index (χ3v) is 5.31. The lowest BCUT2D eigenvalue weighted by Crippen LogP contribution is -2.41. The van der Waals surface area contributed by atoms with E-state index >= 15 is 0 Å². The van der Waals surface area contributed by atoms with Crippen molar-refractivity contribution in [1.29, 1.82) is 0 Å². The van der Waals surface area contributed by atoms with Crippen LogP contribution in [0, 0.1) is 12.8 Å². The molecule has 1 amide bonds. The first-order valence-corrected chi connectivity index (χ1v) is 8.52. The molecule has 22 heavy (non-hydrogen) atoms. The zero-order valence-corrected chi connectivity index (χ0v) is 13.9. The Bertz CT molecular complexity index is 679. The summed E-state index contributed by atoms with van der Waals surface area (Å²) in [5.74, 6) is 0.468. The van der Waals surface area contributed by atoms with E-state index in [0.717, 1.165) is 29.1 Å². The molecule has 3 rings (SSSR count). The van der Waals surface area contributed by atoms with Crippen LogP contribution in [0.3, 0.4) is 0 Å². The summed E-state index contributed by atoms with van der Waals surface area (Å²) in [4.78, 5) is 17.6. The second-order valence-corrected chi connectivity index (χ2v) is 7.03. The maximum absolute atomic E-state index is 12.4. The van der Waals surface area contributed by atoms with Gasteiger partial charge >= 0.3 is 0 Å². The molecule has 0 saturated heterocycles. The average molecular weight is 336 g/mol. The molecule has 1 unspecified atom stereocenters. The minimum absolute atomic E-state index is 0.0717. The third kappa shape index (κ3) is 3.32. The van der Waals surface area contributed by atoms with Gasteiger partial charge in [-0.15, -0.1) is 11.3 Å². The van der Waals surface area contributed by atoms with Crippen molar-refractivity contribution in [1.82, 2.24) is 10.3 Å². The van der Waals surface area contributed by atoms with Gasteiger partial charge in [-0.1, -0.05) is 23.7 Å². The molecule has 1 atom stereocenters. The van der Waals surface area contributed by atoms with Gasteiger partial charge in [0.25, 0.3) is 5.91 Å². The molecule has 1 heterocycles. The first-order valence-electron chi connectivity index (χ1n) is 7.32. The summed E-state index contributed by atoms with van der Waals surface area (Å²) in [6.07, 6.45) is 2.31. The molecule has 1 saturated carbocycles. The molecule has 1 aliphatic carbocycles. The quantitative estimate of drug-likeness (QED) is 0.881. The number of thiazole rings is 1. The van der Waals surface area contributed by atoms with Crippen molar-refractivity contribution >= 4 is 28.8 Å². The van der Waals surface area contributed by atoms with Crippen molar-refractivity contribution in [3.05, 3.63) is 39.9 Å². The van der Waals surface area contributed by atoms with Crippen molar-refractivity contribution in [3.8, 4) is 10.6 Å². The van der Waals surface area contributed by atoms with Gasteiger partial charge in [-0.05, 0) is 37.8 Å². The largest absolute Gasteiger partial charge is 0.347 e. The van der Waals surface area contributed by atoms with Crippen LogP contribution >= 0.6 is 22.9 Å². The number of nitrogens with one attached hydrogen (secondary N) is 1. The zero-order chi connectivity index (χ0) is 15.7. The monoisotopic (exact) mass is 335 g/mol. The molecule has 1 aromatic carbocycles. The van der Waals surface area contributed by atoms with Crippen molar-refractivity contribution < 1.29 is 4.79 Å². The molecule has 3 N–H and O–H groups in total. The Balaban J connectivity index is 1.79. The third-order valence-electron chi connectivity index (χ3n) is 3.86. The van der Waals surface area contributed by atoms with E-state index in [1.165, 1.54) is 11.3 Å². The predicted molar refractivity (Wildman–Crippen MR) is 90.3 cm³/mol. The summed E-state index contributed by atoms with van der Waals surface area (Å²) < 4.78 is 0. The minimum Gasteiger partial charge on any atom is -0.347 e. The predicted octanol–water partition coefficient (Wildman–Crippen LogP) is 3.24. The number of aromatic nitrogens is 1. The van der Waals surface area contributed by atoms with Gasteiger partial charge in [0.15, 0.2) is 0 Å². The van der Waals surface area contributed by atoms with Gasteiger partial charge in [0.2, 0.25) is 0 Å². The fraction of sp³-hybridized carbons (Fsp3) is 0.375. The Kier molecular flexibility index (Phi) is 4.47. The number of rotatable bonds is 5. The Morgan fingerprint density at radius 3 is 2.73 bits per heavy atom. The Labute approximate surface area is 138 Å². The molecule has 2 aromatic rings. The van der Waals surface area contributed by atoms with Crippen molar-refractivity contribution in [2.75, 3.05) is 6.54 Å². The highest BCUT2D eigenvalue weighted by molar-refractivity contribution is 7.17. The number of carbonyl (C=O) groups is 1. The molecule has 0 bridgehead atoms. The molecule has 116 valence electrons. The number of benzene rings is 1. The van der Waals surface area contributed by atoms with Crippen molar-refractivity contribution in [2.45, 2.75) is 25.8 Å². The van der Waals surface area contributed by atoms with Crippen LogP contribution in [0.5, 0.6) is 0 Å². The van der Waals surface area contributed by atoms with Gasteiger partial charge in [-0.25, -0.2) is 4.98 Å². The fourth-order valence-electron chi connectivity index (χ4n) is 2.42. The number of carbonyl (C=O) groups excluding carboxylic acids is 1. The number of nitrogens with two attached hydrogens (primary N) is 1. The van der Waals surface area contributed by atoms with Gasteiger partial charge in [0, 0.05) is 23.2 Å². The van der Waals surface area contributed by atoms with E-state index in [0.29, 0.717) is 22.4 Å². The summed E-state index contributed by atoms with van der Waals surface area (Å²) in [6.45, 7) is 2.34. The number of nitrogens with zero attached hydrogens (tertiary/aromatic N) is 1. The molecule has 1 aliphatic rings. The van der Waals surface area contributed by atoms with Crippen LogP contribution in [0.15, 0.2) is 24.3 Å². The maximum Gasteiger partial charge on any atom is 0.263 e. The number of halogens is 1. The smallest absolute Gasteiger partial charge is 0.263 e. The van der Waals surface area contributed by atoms with Gasteiger partial charge in [0.05, 0.1) is 5.69 Å². The second kappa shape index (κ2) is 6.36. The van der Waals surface area contributed by atoms with Crippen LogP contribution in [-0.4, -0.2) is 23.5 Å². The van der Waals surface area contributed by atoms with Crippen LogP contribution in [0.25, 0.3) is 10.6 Å². The highest BCUT2D eigenvalue weighted by atomic mass is 35.5. The average Bonchev–Trinajstić information content (AvgIpc) is 3.27. The number of hydrogen-bond acceptors (Lipinski definition) is 4. The lowest BCUT2D eigenvalue weighted by Gasteiger charge is -2.15. The Hall–Kier alpha value is -1.43. The lowest BCUT2D eigenvalue weighted by molar-refractivity contribution is 0.0937. The minimum atomic E-state index is -0.0717. The first-order chi connectivity index (χ1) is 10.6. The summed E-state index contributed by atoms with van der Waals surface area (Å²) in [5.41, 5.74) is 7.46.